The van der Waals surface area contributed by atoms with Crippen molar-refractivity contribution in [2.24, 2.45) is 5.84 Å². The number of nitrogens with zero attached hydrogens (tertiary/aromatic N) is 1. The number of nitrogens with two attached hydrogens (primary N) is 1. The number of aromatic nitrogens is 1. The van der Waals surface area contributed by atoms with Gasteiger partial charge in [-0.15, -0.1) is 0 Å². The van der Waals surface area contributed by atoms with Crippen LogP contribution in [0.5, 0.6) is 0 Å². The first-order chi connectivity index (χ1) is 9.06. The maximum Gasteiger partial charge on any atom is 0.420 e. The van der Waals surface area contributed by atoms with Gasteiger partial charge in [0, 0.05) is 0 Å². The van der Waals surface area contributed by atoms with Gasteiger partial charge in [0.25, 0.3) is 5.91 Å². The van der Waals surface area contributed by atoms with E-state index in [9.17, 15) is 14.4 Å². The van der Waals surface area contributed by atoms with E-state index >= 15 is 0 Å². The summed E-state index contributed by atoms with van der Waals surface area (Å²) in [6.07, 6.45) is 0. The molecule has 8 heteroatoms. The lowest BCUT2D eigenvalue weighted by Gasteiger charge is -2.01. The molecule has 0 saturated carbocycles. The maximum atomic E-state index is 11.6. The lowest BCUT2D eigenvalue weighted by atomic mass is 10.2. The van der Waals surface area contributed by atoms with Crippen LogP contribution in [0.25, 0.3) is 11.1 Å². The predicted molar refractivity (Wildman–Crippen MR) is 64.1 cm³/mol. The number of nitrogens with one attached hydrogen (secondary N) is 1. The van der Waals surface area contributed by atoms with E-state index in [1.54, 1.807) is 0 Å². The number of methoxy groups -OCH3 is 1. The molecule has 2 aromatic rings. The molecule has 0 unspecified atom stereocenters. The maximum absolute atomic E-state index is 11.6. The number of hydrogen-bond acceptors (Lipinski definition) is 6. The number of amides is 1. The first-order valence-corrected chi connectivity index (χ1v) is 5.28. The topological polar surface area (TPSA) is 117 Å². The molecule has 100 valence electrons. The summed E-state index contributed by atoms with van der Waals surface area (Å²) in [6.45, 7) is -0.264. The second-order valence-electron chi connectivity index (χ2n) is 3.70. The second-order valence-corrected chi connectivity index (χ2v) is 3.70. The summed E-state index contributed by atoms with van der Waals surface area (Å²) >= 11 is 0. The molecule has 3 N–H and O–H groups in total. The summed E-state index contributed by atoms with van der Waals surface area (Å²) in [5.41, 5.74) is 2.75. The van der Waals surface area contributed by atoms with Crippen LogP contribution in [0, 0.1) is 0 Å². The summed E-state index contributed by atoms with van der Waals surface area (Å²) in [5, 5.41) is 0. The van der Waals surface area contributed by atoms with Gasteiger partial charge in [0.15, 0.2) is 5.58 Å². The molecule has 0 bridgehead atoms. The standard InChI is InChI=1S/C11H11N3O5/c1-18-10(16)6-2-3-7-8(4-6)19-11(17)14(7)5-9(15)13-12/h2-4H,5,12H2,1H3,(H,13,15). The Kier molecular flexibility index (Phi) is 3.34. The Balaban J connectivity index is 2.51. The van der Waals surface area contributed by atoms with Gasteiger partial charge in [0.1, 0.15) is 6.54 Å². The van der Waals surface area contributed by atoms with Crippen molar-refractivity contribution in [1.82, 2.24) is 9.99 Å². The van der Waals surface area contributed by atoms with Crippen molar-refractivity contribution >= 4 is 23.0 Å². The third kappa shape index (κ3) is 2.33. The van der Waals surface area contributed by atoms with Crippen molar-refractivity contribution in [3.63, 3.8) is 0 Å². The highest BCUT2D eigenvalue weighted by molar-refractivity contribution is 5.93. The van der Waals surface area contributed by atoms with Crippen LogP contribution in [0.15, 0.2) is 27.4 Å². The molecule has 19 heavy (non-hydrogen) atoms. The highest BCUT2D eigenvalue weighted by atomic mass is 16.5. The fraction of sp³-hybridized carbons (Fsp3) is 0.182. The molecule has 0 radical (unpaired) electrons. The number of rotatable bonds is 3. The number of fused-ring (bicyclic) bond motifs is 1. The highest BCUT2D eigenvalue weighted by Gasteiger charge is 2.14. The van der Waals surface area contributed by atoms with Crippen LogP contribution in [-0.4, -0.2) is 23.6 Å². The van der Waals surface area contributed by atoms with Crippen molar-refractivity contribution in [1.29, 1.82) is 0 Å². The van der Waals surface area contributed by atoms with Gasteiger partial charge in [-0.1, -0.05) is 0 Å². The van der Waals surface area contributed by atoms with E-state index in [1.807, 2.05) is 5.43 Å². The van der Waals surface area contributed by atoms with Crippen molar-refractivity contribution in [2.75, 3.05) is 7.11 Å². The molecular weight excluding hydrogens is 254 g/mol. The van der Waals surface area contributed by atoms with E-state index < -0.39 is 17.6 Å². The SMILES string of the molecule is COC(=O)c1ccc2c(c1)oc(=O)n2CC(=O)NN. The Hall–Kier alpha value is -2.61. The highest BCUT2D eigenvalue weighted by Crippen LogP contribution is 2.15. The van der Waals surface area contributed by atoms with Gasteiger partial charge in [-0.3, -0.25) is 14.8 Å². The number of benzene rings is 1. The molecule has 8 nitrogen and oxygen atoms in total. The lowest BCUT2D eigenvalue weighted by molar-refractivity contribution is -0.121. The van der Waals surface area contributed by atoms with Gasteiger partial charge in [0.2, 0.25) is 0 Å². The minimum atomic E-state index is -0.708. The number of hydrogen-bond donors (Lipinski definition) is 2. The molecule has 1 aromatic carbocycles. The average Bonchev–Trinajstić information content (AvgIpc) is 2.73. The predicted octanol–water partition coefficient (Wildman–Crippen LogP) is -0.629. The first-order valence-electron chi connectivity index (χ1n) is 5.28. The molecule has 1 amide bonds. The largest absolute Gasteiger partial charge is 0.465 e. The summed E-state index contributed by atoms with van der Waals surface area (Å²) in [5.74, 6) is 3.17. The van der Waals surface area contributed by atoms with E-state index in [0.29, 0.717) is 5.52 Å². The van der Waals surface area contributed by atoms with Crippen molar-refractivity contribution in [3.05, 3.63) is 34.3 Å². The minimum Gasteiger partial charge on any atom is -0.465 e. The lowest BCUT2D eigenvalue weighted by Crippen LogP contribution is -2.35. The number of oxazole rings is 1. The molecule has 0 fully saturated rings. The molecular formula is C11H11N3O5. The summed E-state index contributed by atoms with van der Waals surface area (Å²) in [7, 11) is 1.25. The van der Waals surface area contributed by atoms with Crippen molar-refractivity contribution in [2.45, 2.75) is 6.54 Å². The summed E-state index contributed by atoms with van der Waals surface area (Å²) < 4.78 is 10.6. The molecule has 0 aliphatic carbocycles. The average molecular weight is 265 g/mol. The summed E-state index contributed by atoms with van der Waals surface area (Å²) in [4.78, 5) is 34.1. The molecule has 2 rings (SSSR count). The third-order valence-electron chi connectivity index (χ3n) is 2.55. The Morgan fingerprint density at radius 3 is 2.84 bits per heavy atom. The fourth-order valence-corrected chi connectivity index (χ4v) is 1.65. The number of carbonyl (C=O) groups is 2. The Bertz CT molecular complexity index is 700. The van der Waals surface area contributed by atoms with E-state index in [-0.39, 0.29) is 17.7 Å². The Morgan fingerprint density at radius 2 is 2.21 bits per heavy atom. The van der Waals surface area contributed by atoms with Crippen molar-refractivity contribution < 1.29 is 18.7 Å². The van der Waals surface area contributed by atoms with E-state index in [1.165, 1.54) is 25.3 Å². The fourth-order valence-electron chi connectivity index (χ4n) is 1.65. The zero-order valence-corrected chi connectivity index (χ0v) is 10.0. The third-order valence-corrected chi connectivity index (χ3v) is 2.55. The van der Waals surface area contributed by atoms with Gasteiger partial charge in [-0.05, 0) is 18.2 Å². The molecule has 1 aromatic heterocycles. The van der Waals surface area contributed by atoms with Gasteiger partial charge in [0.05, 0.1) is 18.2 Å². The molecule has 0 aliphatic heterocycles. The molecule has 0 atom stereocenters. The van der Waals surface area contributed by atoms with Crippen LogP contribution in [0.3, 0.4) is 0 Å². The van der Waals surface area contributed by atoms with Gasteiger partial charge >= 0.3 is 11.7 Å². The van der Waals surface area contributed by atoms with E-state index in [2.05, 4.69) is 4.74 Å². The van der Waals surface area contributed by atoms with Crippen LogP contribution < -0.4 is 17.0 Å². The monoisotopic (exact) mass is 265 g/mol. The number of ether oxygens (including phenoxy) is 1. The van der Waals surface area contributed by atoms with Crippen LogP contribution in [-0.2, 0) is 16.1 Å². The second kappa shape index (κ2) is 4.94. The van der Waals surface area contributed by atoms with E-state index in [4.69, 9.17) is 10.3 Å². The van der Waals surface area contributed by atoms with Gasteiger partial charge < -0.3 is 9.15 Å². The molecule has 1 heterocycles. The first kappa shape index (κ1) is 12.8. The van der Waals surface area contributed by atoms with Crippen LogP contribution in [0.4, 0.5) is 0 Å². The van der Waals surface area contributed by atoms with Crippen molar-refractivity contribution in [3.8, 4) is 0 Å². The molecule has 0 aliphatic rings. The smallest absolute Gasteiger partial charge is 0.420 e. The normalized spacial score (nSPS) is 10.4. The number of hydrazine groups is 1. The van der Waals surface area contributed by atoms with Crippen LogP contribution >= 0.6 is 0 Å². The zero-order valence-electron chi connectivity index (χ0n) is 10.0. The number of carbonyl (C=O) groups excluding carboxylic acids is 2. The van der Waals surface area contributed by atoms with E-state index in [0.717, 1.165) is 4.57 Å². The van der Waals surface area contributed by atoms with Crippen LogP contribution in [0.1, 0.15) is 10.4 Å². The molecule has 0 saturated heterocycles. The van der Waals surface area contributed by atoms with Gasteiger partial charge in [-0.2, -0.15) is 0 Å². The van der Waals surface area contributed by atoms with Crippen LogP contribution in [0.2, 0.25) is 0 Å². The minimum absolute atomic E-state index is 0.192. The number of esters is 1. The zero-order chi connectivity index (χ0) is 14.0. The molecule has 0 spiro atoms. The Morgan fingerprint density at radius 1 is 1.47 bits per heavy atom. The summed E-state index contributed by atoms with van der Waals surface area (Å²) in [6, 6.07) is 4.34. The van der Waals surface area contributed by atoms with Gasteiger partial charge in [-0.25, -0.2) is 15.4 Å². The Labute approximate surface area is 106 Å². The quantitative estimate of drug-likeness (QED) is 0.330.